The first kappa shape index (κ1) is 16.6. The molecule has 0 aliphatic carbocycles. The van der Waals surface area contributed by atoms with E-state index in [-0.39, 0.29) is 5.41 Å². The minimum absolute atomic E-state index is 0.0946. The molecule has 1 unspecified atom stereocenters. The SMILES string of the molecule is CCSCCC(C)Nc1cc(Cl)nc(C(C)(C)C)n1. The summed E-state index contributed by atoms with van der Waals surface area (Å²) in [5.41, 5.74) is -0.0946. The van der Waals surface area contributed by atoms with Crippen molar-refractivity contribution in [2.45, 2.75) is 52.5 Å². The van der Waals surface area contributed by atoms with Crippen LogP contribution in [0.5, 0.6) is 0 Å². The van der Waals surface area contributed by atoms with Gasteiger partial charge in [0.2, 0.25) is 0 Å². The number of hydrogen-bond donors (Lipinski definition) is 1. The second-order valence-electron chi connectivity index (χ2n) is 5.68. The quantitative estimate of drug-likeness (QED) is 0.625. The standard InChI is InChI=1S/C14H24ClN3S/c1-6-19-8-7-10(2)16-12-9-11(15)17-13(18-12)14(3,4)5/h9-10H,6-8H2,1-5H3,(H,16,17,18). The van der Waals surface area contributed by atoms with E-state index < -0.39 is 0 Å². The number of hydrogen-bond acceptors (Lipinski definition) is 4. The Kier molecular flexibility index (Phi) is 6.40. The van der Waals surface area contributed by atoms with E-state index in [4.69, 9.17) is 11.6 Å². The van der Waals surface area contributed by atoms with Gasteiger partial charge >= 0.3 is 0 Å². The Morgan fingerprint density at radius 3 is 2.63 bits per heavy atom. The highest BCUT2D eigenvalue weighted by Gasteiger charge is 2.19. The Balaban J connectivity index is 2.70. The number of rotatable bonds is 6. The van der Waals surface area contributed by atoms with Crippen LogP contribution >= 0.6 is 23.4 Å². The highest BCUT2D eigenvalue weighted by molar-refractivity contribution is 7.99. The van der Waals surface area contributed by atoms with Crippen LogP contribution in [0.2, 0.25) is 5.15 Å². The summed E-state index contributed by atoms with van der Waals surface area (Å²) in [5, 5.41) is 3.90. The minimum atomic E-state index is -0.0946. The van der Waals surface area contributed by atoms with Crippen LogP contribution < -0.4 is 5.32 Å². The number of anilines is 1. The van der Waals surface area contributed by atoms with Gasteiger partial charge < -0.3 is 5.32 Å². The van der Waals surface area contributed by atoms with E-state index in [0.717, 1.165) is 23.8 Å². The fourth-order valence-electron chi connectivity index (χ4n) is 1.56. The highest BCUT2D eigenvalue weighted by Crippen LogP contribution is 2.22. The Morgan fingerprint density at radius 1 is 1.37 bits per heavy atom. The van der Waals surface area contributed by atoms with Gasteiger partial charge in [-0.05, 0) is 24.9 Å². The molecule has 1 rings (SSSR count). The fraction of sp³-hybridized carbons (Fsp3) is 0.714. The van der Waals surface area contributed by atoms with Crippen LogP contribution in [0.25, 0.3) is 0 Å². The van der Waals surface area contributed by atoms with Crippen molar-refractivity contribution in [2.75, 3.05) is 16.8 Å². The van der Waals surface area contributed by atoms with Gasteiger partial charge in [0.1, 0.15) is 16.8 Å². The molecule has 0 aromatic carbocycles. The van der Waals surface area contributed by atoms with E-state index in [0.29, 0.717) is 11.2 Å². The van der Waals surface area contributed by atoms with Crippen LogP contribution in [0, 0.1) is 0 Å². The summed E-state index contributed by atoms with van der Waals surface area (Å²) in [7, 11) is 0. The first-order valence-corrected chi connectivity index (χ1v) is 8.25. The van der Waals surface area contributed by atoms with Gasteiger partial charge in [-0.1, -0.05) is 39.3 Å². The van der Waals surface area contributed by atoms with Crippen molar-refractivity contribution in [1.29, 1.82) is 0 Å². The Morgan fingerprint density at radius 2 is 2.05 bits per heavy atom. The monoisotopic (exact) mass is 301 g/mol. The predicted octanol–water partition coefficient (Wildman–Crippen LogP) is 4.37. The van der Waals surface area contributed by atoms with Gasteiger partial charge in [0.05, 0.1) is 0 Å². The second kappa shape index (κ2) is 7.34. The molecule has 0 amide bonds. The van der Waals surface area contributed by atoms with Gasteiger partial charge in [-0.15, -0.1) is 0 Å². The van der Waals surface area contributed by atoms with E-state index in [1.165, 1.54) is 5.75 Å². The molecule has 19 heavy (non-hydrogen) atoms. The molecule has 3 nitrogen and oxygen atoms in total. The van der Waals surface area contributed by atoms with E-state index in [1.807, 2.05) is 11.8 Å². The maximum atomic E-state index is 6.07. The number of thioether (sulfide) groups is 1. The zero-order chi connectivity index (χ0) is 14.5. The molecule has 108 valence electrons. The average Bonchev–Trinajstić information content (AvgIpc) is 2.27. The van der Waals surface area contributed by atoms with Crippen molar-refractivity contribution < 1.29 is 0 Å². The number of nitrogens with zero attached hydrogens (tertiary/aromatic N) is 2. The van der Waals surface area contributed by atoms with Crippen LogP contribution in [0.4, 0.5) is 5.82 Å². The topological polar surface area (TPSA) is 37.8 Å². The summed E-state index contributed by atoms with van der Waals surface area (Å²) in [6.07, 6.45) is 1.12. The summed E-state index contributed by atoms with van der Waals surface area (Å²) in [5.74, 6) is 3.92. The summed E-state index contributed by atoms with van der Waals surface area (Å²) >= 11 is 8.03. The van der Waals surface area contributed by atoms with Crippen molar-refractivity contribution in [3.05, 3.63) is 17.0 Å². The van der Waals surface area contributed by atoms with Crippen molar-refractivity contribution in [3.8, 4) is 0 Å². The van der Waals surface area contributed by atoms with Gasteiger partial charge in [0.15, 0.2) is 0 Å². The third-order valence-corrected chi connectivity index (χ3v) is 3.79. The van der Waals surface area contributed by atoms with Crippen LogP contribution in [-0.2, 0) is 5.41 Å². The molecule has 5 heteroatoms. The summed E-state index contributed by atoms with van der Waals surface area (Å²) in [4.78, 5) is 8.86. The largest absolute Gasteiger partial charge is 0.367 e. The van der Waals surface area contributed by atoms with E-state index in [9.17, 15) is 0 Å². The van der Waals surface area contributed by atoms with Crippen molar-refractivity contribution >= 4 is 29.2 Å². The molecular weight excluding hydrogens is 278 g/mol. The zero-order valence-corrected chi connectivity index (χ0v) is 14.0. The number of aromatic nitrogens is 2. The van der Waals surface area contributed by atoms with E-state index in [1.54, 1.807) is 6.07 Å². The third kappa shape index (κ3) is 6.00. The first-order chi connectivity index (χ1) is 8.82. The van der Waals surface area contributed by atoms with E-state index >= 15 is 0 Å². The lowest BCUT2D eigenvalue weighted by Gasteiger charge is -2.19. The number of halogens is 1. The number of nitrogens with one attached hydrogen (secondary N) is 1. The second-order valence-corrected chi connectivity index (χ2v) is 7.46. The lowest BCUT2D eigenvalue weighted by molar-refractivity contribution is 0.545. The van der Waals surface area contributed by atoms with Crippen LogP contribution in [0.15, 0.2) is 6.07 Å². The van der Waals surface area contributed by atoms with Gasteiger partial charge in [-0.25, -0.2) is 9.97 Å². The molecule has 1 aromatic heterocycles. The van der Waals surface area contributed by atoms with Crippen LogP contribution in [-0.4, -0.2) is 27.5 Å². The molecule has 0 spiro atoms. The normalized spacial score (nSPS) is 13.4. The zero-order valence-electron chi connectivity index (χ0n) is 12.5. The third-order valence-electron chi connectivity index (χ3n) is 2.66. The Bertz CT molecular complexity index is 404. The molecule has 0 radical (unpaired) electrons. The fourth-order valence-corrected chi connectivity index (χ4v) is 2.55. The average molecular weight is 302 g/mol. The van der Waals surface area contributed by atoms with Gasteiger partial charge in [-0.3, -0.25) is 0 Å². The molecule has 1 N–H and O–H groups in total. The molecule has 1 atom stereocenters. The van der Waals surface area contributed by atoms with Crippen LogP contribution in [0.3, 0.4) is 0 Å². The highest BCUT2D eigenvalue weighted by atomic mass is 35.5. The molecule has 0 fully saturated rings. The minimum Gasteiger partial charge on any atom is -0.367 e. The molecule has 0 aliphatic heterocycles. The lowest BCUT2D eigenvalue weighted by atomic mass is 9.96. The molecule has 0 aliphatic rings. The Hall–Kier alpha value is -0.480. The maximum absolute atomic E-state index is 6.07. The van der Waals surface area contributed by atoms with Crippen molar-refractivity contribution in [1.82, 2.24) is 9.97 Å². The first-order valence-electron chi connectivity index (χ1n) is 6.72. The smallest absolute Gasteiger partial charge is 0.137 e. The van der Waals surface area contributed by atoms with Gasteiger partial charge in [-0.2, -0.15) is 11.8 Å². The molecule has 0 bridgehead atoms. The molecule has 0 saturated carbocycles. The molecular formula is C14H24ClN3S. The van der Waals surface area contributed by atoms with Crippen LogP contribution in [0.1, 0.15) is 46.9 Å². The maximum Gasteiger partial charge on any atom is 0.137 e. The van der Waals surface area contributed by atoms with Gasteiger partial charge in [0.25, 0.3) is 0 Å². The molecule has 1 heterocycles. The van der Waals surface area contributed by atoms with E-state index in [2.05, 4.69) is 49.9 Å². The Labute approximate surface area is 125 Å². The summed E-state index contributed by atoms with van der Waals surface area (Å²) in [6.45, 7) is 10.6. The molecule has 0 saturated heterocycles. The van der Waals surface area contributed by atoms with Crippen molar-refractivity contribution in [3.63, 3.8) is 0 Å². The lowest BCUT2D eigenvalue weighted by Crippen LogP contribution is -2.21. The van der Waals surface area contributed by atoms with Crippen molar-refractivity contribution in [2.24, 2.45) is 0 Å². The van der Waals surface area contributed by atoms with Gasteiger partial charge in [0, 0.05) is 17.5 Å². The summed E-state index contributed by atoms with van der Waals surface area (Å²) < 4.78 is 0. The predicted molar refractivity (Wildman–Crippen MR) is 86.4 cm³/mol. The molecule has 1 aromatic rings. The summed E-state index contributed by atoms with van der Waals surface area (Å²) in [6, 6.07) is 2.18.